The van der Waals surface area contributed by atoms with Gasteiger partial charge >= 0.3 is 0 Å². The lowest BCUT2D eigenvalue weighted by atomic mass is 10.1. The van der Waals surface area contributed by atoms with Crippen LogP contribution in [0.25, 0.3) is 0 Å². The van der Waals surface area contributed by atoms with Crippen molar-refractivity contribution in [2.45, 2.75) is 84.3 Å². The monoisotopic (exact) mass is 274 g/mol. The summed E-state index contributed by atoms with van der Waals surface area (Å²) in [7, 11) is 0. The van der Waals surface area contributed by atoms with Crippen LogP contribution < -0.4 is 0 Å². The first-order valence-electron chi connectivity index (χ1n) is 8.04. The third-order valence-electron chi connectivity index (χ3n) is 3.27. The number of hydrogen-bond acceptors (Lipinski definition) is 3. The zero-order chi connectivity index (χ0) is 14.3. The molecule has 0 radical (unpaired) electrons. The van der Waals surface area contributed by atoms with Crippen molar-refractivity contribution in [3.8, 4) is 0 Å². The molecule has 0 aromatic heterocycles. The van der Waals surface area contributed by atoms with E-state index < -0.39 is 0 Å². The lowest BCUT2D eigenvalue weighted by molar-refractivity contribution is -0.0459. The fourth-order valence-corrected chi connectivity index (χ4v) is 1.92. The summed E-state index contributed by atoms with van der Waals surface area (Å²) in [5.74, 6) is 0. The molecule has 2 atom stereocenters. The highest BCUT2D eigenvalue weighted by molar-refractivity contribution is 4.52. The highest BCUT2D eigenvalue weighted by Gasteiger charge is 2.05. The van der Waals surface area contributed by atoms with Crippen LogP contribution >= 0.6 is 0 Å². The third-order valence-corrected chi connectivity index (χ3v) is 3.27. The van der Waals surface area contributed by atoms with Crippen LogP contribution in [0.5, 0.6) is 0 Å². The Labute approximate surface area is 119 Å². The Kier molecular flexibility index (Phi) is 14.2. The molecule has 0 heterocycles. The molecular weight excluding hydrogens is 240 g/mol. The Balaban J connectivity index is 3.16. The molecule has 0 spiro atoms. The van der Waals surface area contributed by atoms with Crippen LogP contribution in [0.2, 0.25) is 0 Å². The van der Waals surface area contributed by atoms with Gasteiger partial charge in [-0.15, -0.1) is 0 Å². The van der Waals surface area contributed by atoms with Crippen LogP contribution in [0.15, 0.2) is 0 Å². The number of aliphatic hydroxyl groups excluding tert-OH is 1. The summed E-state index contributed by atoms with van der Waals surface area (Å²) >= 11 is 0. The van der Waals surface area contributed by atoms with E-state index in [1.165, 1.54) is 44.9 Å². The molecule has 19 heavy (non-hydrogen) atoms. The van der Waals surface area contributed by atoms with Crippen molar-refractivity contribution in [2.75, 3.05) is 19.8 Å². The van der Waals surface area contributed by atoms with Gasteiger partial charge in [0.2, 0.25) is 0 Å². The minimum atomic E-state index is -0.0887. The van der Waals surface area contributed by atoms with E-state index in [1.54, 1.807) is 0 Å². The van der Waals surface area contributed by atoms with E-state index in [-0.39, 0.29) is 18.8 Å². The van der Waals surface area contributed by atoms with Gasteiger partial charge in [0.15, 0.2) is 0 Å². The van der Waals surface area contributed by atoms with Gasteiger partial charge in [0.1, 0.15) is 0 Å². The lowest BCUT2D eigenvalue weighted by Crippen LogP contribution is -2.22. The maximum Gasteiger partial charge on any atom is 0.0780 e. The molecule has 0 aliphatic carbocycles. The fourth-order valence-electron chi connectivity index (χ4n) is 1.92. The molecule has 1 N–H and O–H groups in total. The second kappa shape index (κ2) is 14.3. The molecule has 0 aliphatic heterocycles. The third kappa shape index (κ3) is 14.1. The van der Waals surface area contributed by atoms with E-state index in [0.29, 0.717) is 6.61 Å². The Bertz CT molecular complexity index is 173. The smallest absolute Gasteiger partial charge is 0.0780 e. The summed E-state index contributed by atoms with van der Waals surface area (Å²) < 4.78 is 11.1. The summed E-state index contributed by atoms with van der Waals surface area (Å²) in [6.07, 6.45) is 10.6. The standard InChI is InChI=1S/C16H34O3/c1-4-5-6-7-8-9-10-11-12-18-16(3)14-19-15(2)13-17/h15-17H,4-14H2,1-3H3. The molecule has 3 nitrogen and oxygen atoms in total. The molecule has 116 valence electrons. The molecule has 0 aliphatic rings. The molecule has 0 saturated carbocycles. The fraction of sp³-hybridized carbons (Fsp3) is 1.00. The predicted octanol–water partition coefficient (Wildman–Crippen LogP) is 3.93. The molecular formula is C16H34O3. The van der Waals surface area contributed by atoms with E-state index in [2.05, 4.69) is 6.92 Å². The van der Waals surface area contributed by atoms with Gasteiger partial charge in [0.25, 0.3) is 0 Å². The Hall–Kier alpha value is -0.120. The Morgan fingerprint density at radius 3 is 1.95 bits per heavy atom. The van der Waals surface area contributed by atoms with Crippen LogP contribution in [-0.2, 0) is 9.47 Å². The molecule has 0 fully saturated rings. The average molecular weight is 274 g/mol. The molecule has 3 heteroatoms. The van der Waals surface area contributed by atoms with E-state index in [0.717, 1.165) is 13.0 Å². The summed E-state index contributed by atoms with van der Waals surface area (Å²) in [5.41, 5.74) is 0. The van der Waals surface area contributed by atoms with Crippen molar-refractivity contribution in [1.29, 1.82) is 0 Å². The number of aliphatic hydroxyl groups is 1. The summed E-state index contributed by atoms with van der Waals surface area (Å²) in [5, 5.41) is 8.83. The highest BCUT2D eigenvalue weighted by atomic mass is 16.5. The van der Waals surface area contributed by atoms with Gasteiger partial charge in [-0.25, -0.2) is 0 Å². The first kappa shape index (κ1) is 18.9. The zero-order valence-electron chi connectivity index (χ0n) is 13.2. The van der Waals surface area contributed by atoms with Crippen molar-refractivity contribution in [3.63, 3.8) is 0 Å². The maximum absolute atomic E-state index is 8.83. The predicted molar refractivity (Wildman–Crippen MR) is 80.5 cm³/mol. The van der Waals surface area contributed by atoms with Crippen molar-refractivity contribution in [2.24, 2.45) is 0 Å². The largest absolute Gasteiger partial charge is 0.394 e. The topological polar surface area (TPSA) is 38.7 Å². The molecule has 0 bridgehead atoms. The van der Waals surface area contributed by atoms with E-state index >= 15 is 0 Å². The average Bonchev–Trinajstić information content (AvgIpc) is 2.42. The van der Waals surface area contributed by atoms with Crippen molar-refractivity contribution in [1.82, 2.24) is 0 Å². The van der Waals surface area contributed by atoms with E-state index in [1.807, 2.05) is 13.8 Å². The van der Waals surface area contributed by atoms with Crippen LogP contribution in [0.1, 0.15) is 72.1 Å². The maximum atomic E-state index is 8.83. The second-order valence-corrected chi connectivity index (χ2v) is 5.48. The number of hydrogen-bond donors (Lipinski definition) is 1. The van der Waals surface area contributed by atoms with E-state index in [4.69, 9.17) is 14.6 Å². The van der Waals surface area contributed by atoms with Gasteiger partial charge in [0.05, 0.1) is 25.4 Å². The zero-order valence-corrected chi connectivity index (χ0v) is 13.2. The van der Waals surface area contributed by atoms with Crippen LogP contribution in [0, 0.1) is 0 Å². The van der Waals surface area contributed by atoms with Crippen molar-refractivity contribution in [3.05, 3.63) is 0 Å². The lowest BCUT2D eigenvalue weighted by Gasteiger charge is -2.16. The molecule has 0 rings (SSSR count). The number of ether oxygens (including phenoxy) is 2. The number of rotatable bonds is 14. The molecule has 2 unspecified atom stereocenters. The summed E-state index contributed by atoms with van der Waals surface area (Å²) in [6, 6.07) is 0. The summed E-state index contributed by atoms with van der Waals surface area (Å²) in [4.78, 5) is 0. The van der Waals surface area contributed by atoms with Crippen molar-refractivity contribution < 1.29 is 14.6 Å². The highest BCUT2D eigenvalue weighted by Crippen LogP contribution is 2.08. The van der Waals surface area contributed by atoms with Gasteiger partial charge < -0.3 is 14.6 Å². The first-order valence-corrected chi connectivity index (χ1v) is 8.04. The normalized spacial score (nSPS) is 14.5. The molecule has 0 aromatic rings. The molecule has 0 aromatic carbocycles. The van der Waals surface area contributed by atoms with Crippen molar-refractivity contribution >= 4 is 0 Å². The molecule has 0 amide bonds. The SMILES string of the molecule is CCCCCCCCCCOC(C)COC(C)CO. The van der Waals surface area contributed by atoms with Crippen LogP contribution in [0.3, 0.4) is 0 Å². The van der Waals surface area contributed by atoms with Gasteiger partial charge in [-0.1, -0.05) is 51.9 Å². The Morgan fingerprint density at radius 2 is 1.37 bits per heavy atom. The van der Waals surface area contributed by atoms with Gasteiger partial charge in [-0.3, -0.25) is 0 Å². The van der Waals surface area contributed by atoms with Crippen LogP contribution in [0.4, 0.5) is 0 Å². The van der Waals surface area contributed by atoms with Crippen LogP contribution in [-0.4, -0.2) is 37.1 Å². The minimum Gasteiger partial charge on any atom is -0.394 e. The van der Waals surface area contributed by atoms with Gasteiger partial charge in [-0.05, 0) is 20.3 Å². The summed E-state index contributed by atoms with van der Waals surface area (Å²) in [6.45, 7) is 7.61. The quantitative estimate of drug-likeness (QED) is 0.488. The molecule has 0 saturated heterocycles. The first-order chi connectivity index (χ1) is 9.20. The second-order valence-electron chi connectivity index (χ2n) is 5.48. The van der Waals surface area contributed by atoms with Gasteiger partial charge in [0, 0.05) is 6.61 Å². The van der Waals surface area contributed by atoms with Gasteiger partial charge in [-0.2, -0.15) is 0 Å². The van der Waals surface area contributed by atoms with E-state index in [9.17, 15) is 0 Å². The number of unbranched alkanes of at least 4 members (excludes halogenated alkanes) is 7. The Morgan fingerprint density at radius 1 is 0.789 bits per heavy atom. The minimum absolute atomic E-state index is 0.0742.